The highest BCUT2D eigenvalue weighted by atomic mass is 79.9. The van der Waals surface area contributed by atoms with Crippen LogP contribution in [0.2, 0.25) is 0 Å². The number of hydrogen-bond donors (Lipinski definition) is 1. The number of halogens is 1. The van der Waals surface area contributed by atoms with Crippen LogP contribution >= 0.6 is 15.9 Å². The van der Waals surface area contributed by atoms with Gasteiger partial charge in [-0.25, -0.2) is 0 Å². The molecule has 6 heteroatoms. The topological polar surface area (TPSA) is 58.4 Å². The summed E-state index contributed by atoms with van der Waals surface area (Å²) >= 11 is 3.37. The number of nitrogens with one attached hydrogen (secondary N) is 1. The standard InChI is InChI=1S/C10H12BrN3O2/c1-13(8-5-12-6-8)10-3-2-7(14(15)16)4-9(10)11/h2-4,8,12H,5-6H2,1H3. The first kappa shape index (κ1) is 11.3. The molecular formula is C10H12BrN3O2. The van der Waals surface area contributed by atoms with Crippen LogP contribution in [0.5, 0.6) is 0 Å². The van der Waals surface area contributed by atoms with Crippen molar-refractivity contribution in [1.82, 2.24) is 5.32 Å². The maximum Gasteiger partial charge on any atom is 0.270 e. The average Bonchev–Trinajstić information content (AvgIpc) is 2.14. The van der Waals surface area contributed by atoms with Gasteiger partial charge < -0.3 is 10.2 Å². The molecule has 1 aliphatic rings. The summed E-state index contributed by atoms with van der Waals surface area (Å²) in [7, 11) is 2.00. The highest BCUT2D eigenvalue weighted by molar-refractivity contribution is 9.10. The third-order valence-corrected chi connectivity index (χ3v) is 3.46. The molecule has 5 nitrogen and oxygen atoms in total. The lowest BCUT2D eigenvalue weighted by molar-refractivity contribution is -0.384. The van der Waals surface area contributed by atoms with Crippen LogP contribution in [0.1, 0.15) is 0 Å². The number of nitro benzene ring substituents is 1. The Morgan fingerprint density at radius 1 is 1.56 bits per heavy atom. The third kappa shape index (κ3) is 2.03. The highest BCUT2D eigenvalue weighted by Gasteiger charge is 2.23. The van der Waals surface area contributed by atoms with Crippen molar-refractivity contribution in [3.63, 3.8) is 0 Å². The van der Waals surface area contributed by atoms with E-state index in [-0.39, 0.29) is 10.6 Å². The fraction of sp³-hybridized carbons (Fsp3) is 0.400. The summed E-state index contributed by atoms with van der Waals surface area (Å²) in [5.74, 6) is 0. The van der Waals surface area contributed by atoms with E-state index < -0.39 is 0 Å². The number of non-ortho nitro benzene ring substituents is 1. The maximum atomic E-state index is 10.6. The molecule has 86 valence electrons. The monoisotopic (exact) mass is 285 g/mol. The zero-order chi connectivity index (χ0) is 11.7. The van der Waals surface area contributed by atoms with E-state index in [0.29, 0.717) is 6.04 Å². The van der Waals surface area contributed by atoms with Gasteiger partial charge in [0.05, 0.1) is 16.7 Å². The van der Waals surface area contributed by atoms with E-state index >= 15 is 0 Å². The number of nitrogens with zero attached hydrogens (tertiary/aromatic N) is 2. The number of benzene rings is 1. The minimum atomic E-state index is -0.389. The van der Waals surface area contributed by atoms with E-state index in [2.05, 4.69) is 26.1 Å². The summed E-state index contributed by atoms with van der Waals surface area (Å²) in [6.45, 7) is 1.92. The van der Waals surface area contributed by atoms with Crippen molar-refractivity contribution in [2.24, 2.45) is 0 Å². The molecular weight excluding hydrogens is 274 g/mol. The molecule has 0 amide bonds. The van der Waals surface area contributed by atoms with E-state index in [1.165, 1.54) is 12.1 Å². The summed E-state index contributed by atoms with van der Waals surface area (Å²) in [5, 5.41) is 13.8. The van der Waals surface area contributed by atoms with Gasteiger partial charge in [-0.05, 0) is 22.0 Å². The predicted molar refractivity (Wildman–Crippen MR) is 65.9 cm³/mol. The Hall–Kier alpha value is -1.14. The first-order valence-electron chi connectivity index (χ1n) is 4.97. The Kier molecular flexibility index (Phi) is 3.11. The van der Waals surface area contributed by atoms with Gasteiger partial charge in [0.1, 0.15) is 0 Å². The number of anilines is 1. The lowest BCUT2D eigenvalue weighted by atomic mass is 10.1. The van der Waals surface area contributed by atoms with Gasteiger partial charge in [-0.1, -0.05) is 0 Å². The molecule has 0 saturated carbocycles. The van der Waals surface area contributed by atoms with Gasteiger partial charge in [0.25, 0.3) is 5.69 Å². The van der Waals surface area contributed by atoms with Crippen molar-refractivity contribution in [1.29, 1.82) is 0 Å². The first-order chi connectivity index (χ1) is 7.59. The fourth-order valence-electron chi connectivity index (χ4n) is 1.64. The van der Waals surface area contributed by atoms with Gasteiger partial charge in [-0.2, -0.15) is 0 Å². The predicted octanol–water partition coefficient (Wildman–Crippen LogP) is 1.77. The van der Waals surface area contributed by atoms with E-state index in [0.717, 1.165) is 23.2 Å². The van der Waals surface area contributed by atoms with Crippen LogP contribution in [0.3, 0.4) is 0 Å². The van der Waals surface area contributed by atoms with Crippen LogP contribution in [-0.4, -0.2) is 31.1 Å². The van der Waals surface area contributed by atoms with E-state index in [1.54, 1.807) is 6.07 Å². The Morgan fingerprint density at radius 3 is 2.69 bits per heavy atom. The Balaban J connectivity index is 2.24. The molecule has 1 heterocycles. The van der Waals surface area contributed by atoms with Crippen LogP contribution < -0.4 is 10.2 Å². The Morgan fingerprint density at radius 2 is 2.25 bits per heavy atom. The number of hydrogen-bond acceptors (Lipinski definition) is 4. The molecule has 1 aromatic carbocycles. The summed E-state index contributed by atoms with van der Waals surface area (Å²) in [6, 6.07) is 5.32. The van der Waals surface area contributed by atoms with Gasteiger partial charge in [-0.3, -0.25) is 10.1 Å². The molecule has 0 radical (unpaired) electrons. The SMILES string of the molecule is CN(c1ccc([N+](=O)[O-])cc1Br)C1CNC1. The molecule has 0 aromatic heterocycles. The molecule has 1 saturated heterocycles. The smallest absolute Gasteiger partial charge is 0.270 e. The first-order valence-corrected chi connectivity index (χ1v) is 5.76. The number of rotatable bonds is 3. The van der Waals surface area contributed by atoms with Crippen LogP contribution in [0.4, 0.5) is 11.4 Å². The van der Waals surface area contributed by atoms with Crippen LogP contribution in [-0.2, 0) is 0 Å². The van der Waals surface area contributed by atoms with Crippen LogP contribution in [0.15, 0.2) is 22.7 Å². The molecule has 0 atom stereocenters. The molecule has 0 bridgehead atoms. The molecule has 1 fully saturated rings. The third-order valence-electron chi connectivity index (χ3n) is 2.83. The average molecular weight is 286 g/mol. The van der Waals surface area contributed by atoms with Crippen molar-refractivity contribution >= 4 is 27.3 Å². The lowest BCUT2D eigenvalue weighted by Crippen LogP contribution is -2.56. The van der Waals surface area contributed by atoms with Crippen molar-refractivity contribution in [2.45, 2.75) is 6.04 Å². The minimum absolute atomic E-state index is 0.107. The summed E-state index contributed by atoms with van der Waals surface area (Å²) in [4.78, 5) is 12.3. The number of nitro groups is 1. The van der Waals surface area contributed by atoms with Crippen molar-refractivity contribution in [3.8, 4) is 0 Å². The second kappa shape index (κ2) is 4.39. The van der Waals surface area contributed by atoms with Gasteiger partial charge in [0, 0.05) is 36.7 Å². The van der Waals surface area contributed by atoms with Crippen LogP contribution in [0.25, 0.3) is 0 Å². The molecule has 0 aliphatic carbocycles. The van der Waals surface area contributed by atoms with Crippen LogP contribution in [0, 0.1) is 10.1 Å². The van der Waals surface area contributed by atoms with E-state index in [4.69, 9.17) is 0 Å². The lowest BCUT2D eigenvalue weighted by Gasteiger charge is -2.37. The van der Waals surface area contributed by atoms with Gasteiger partial charge in [0.2, 0.25) is 0 Å². The normalized spacial score (nSPS) is 15.6. The Labute approximate surface area is 102 Å². The molecule has 1 aliphatic heterocycles. The van der Waals surface area contributed by atoms with Crippen molar-refractivity contribution in [2.75, 3.05) is 25.0 Å². The minimum Gasteiger partial charge on any atom is -0.368 e. The molecule has 0 spiro atoms. The Bertz CT molecular complexity index is 421. The van der Waals surface area contributed by atoms with Gasteiger partial charge >= 0.3 is 0 Å². The van der Waals surface area contributed by atoms with Gasteiger partial charge in [0.15, 0.2) is 0 Å². The molecule has 16 heavy (non-hydrogen) atoms. The molecule has 1 aromatic rings. The zero-order valence-electron chi connectivity index (χ0n) is 8.81. The van der Waals surface area contributed by atoms with Gasteiger partial charge in [-0.15, -0.1) is 0 Å². The van der Waals surface area contributed by atoms with Crippen molar-refractivity contribution in [3.05, 3.63) is 32.8 Å². The quantitative estimate of drug-likeness (QED) is 0.679. The van der Waals surface area contributed by atoms with E-state index in [9.17, 15) is 10.1 Å². The summed E-state index contributed by atoms with van der Waals surface area (Å²) < 4.78 is 0.760. The summed E-state index contributed by atoms with van der Waals surface area (Å²) in [5.41, 5.74) is 1.09. The largest absolute Gasteiger partial charge is 0.368 e. The highest BCUT2D eigenvalue weighted by Crippen LogP contribution is 2.30. The molecule has 0 unspecified atom stereocenters. The fourth-order valence-corrected chi connectivity index (χ4v) is 2.29. The molecule has 2 rings (SSSR count). The maximum absolute atomic E-state index is 10.6. The second-order valence-electron chi connectivity index (χ2n) is 3.82. The van der Waals surface area contributed by atoms with Crippen molar-refractivity contribution < 1.29 is 4.92 Å². The number of likely N-dealkylation sites (N-methyl/N-ethyl adjacent to an activating group) is 1. The second-order valence-corrected chi connectivity index (χ2v) is 4.67. The van der Waals surface area contributed by atoms with E-state index in [1.807, 2.05) is 7.05 Å². The summed E-state index contributed by atoms with van der Waals surface area (Å²) in [6.07, 6.45) is 0. The zero-order valence-corrected chi connectivity index (χ0v) is 10.4. The molecule has 1 N–H and O–H groups in total.